The highest BCUT2D eigenvalue weighted by Crippen LogP contribution is 2.07. The van der Waals surface area contributed by atoms with E-state index in [0.717, 1.165) is 26.1 Å². The van der Waals surface area contributed by atoms with Crippen molar-refractivity contribution >= 4 is 6.09 Å². The maximum atomic E-state index is 11.3. The number of rotatable bonds is 5. The molecule has 0 aromatic rings. The lowest BCUT2D eigenvalue weighted by atomic mass is 10.3. The van der Waals surface area contributed by atoms with Crippen LogP contribution in [0.15, 0.2) is 0 Å². The van der Waals surface area contributed by atoms with E-state index in [9.17, 15) is 4.79 Å². The van der Waals surface area contributed by atoms with Crippen molar-refractivity contribution in [3.05, 3.63) is 0 Å². The number of nitrogens with one attached hydrogen (secondary N) is 1. The molecular weight excluding hydrogens is 196 g/mol. The van der Waals surface area contributed by atoms with Crippen LogP contribution in [0.25, 0.3) is 0 Å². The number of hydrogen-bond donors (Lipinski definition) is 1. The number of likely N-dealkylation sites (tertiary alicyclic amines) is 1. The van der Waals surface area contributed by atoms with Gasteiger partial charge in [0, 0.05) is 26.2 Å². The first kappa shape index (κ1) is 12.3. The second-order valence-electron chi connectivity index (χ2n) is 3.65. The van der Waals surface area contributed by atoms with Gasteiger partial charge in [0.05, 0.1) is 6.61 Å². The van der Waals surface area contributed by atoms with Gasteiger partial charge in [0.2, 0.25) is 0 Å². The van der Waals surface area contributed by atoms with E-state index in [1.165, 1.54) is 0 Å². The number of hydrogen-bond acceptors (Lipinski definition) is 4. The number of nitrogens with zero attached hydrogens (tertiary/aromatic N) is 1. The van der Waals surface area contributed by atoms with Gasteiger partial charge in [-0.3, -0.25) is 0 Å². The molecule has 1 atom stereocenters. The number of ether oxygens (including phenoxy) is 2. The molecule has 1 heterocycles. The Morgan fingerprint density at radius 1 is 1.53 bits per heavy atom. The number of carbonyl (C=O) groups is 1. The molecule has 1 rings (SSSR count). The van der Waals surface area contributed by atoms with Crippen LogP contribution >= 0.6 is 0 Å². The summed E-state index contributed by atoms with van der Waals surface area (Å²) in [4.78, 5) is 13.6. The summed E-state index contributed by atoms with van der Waals surface area (Å²) in [6.07, 6.45) is 0.669. The first-order valence-electron chi connectivity index (χ1n) is 5.40. The highest BCUT2D eigenvalue weighted by Gasteiger charge is 2.22. The van der Waals surface area contributed by atoms with Gasteiger partial charge >= 0.3 is 6.09 Å². The van der Waals surface area contributed by atoms with Crippen molar-refractivity contribution in [1.29, 1.82) is 0 Å². The molecule has 5 nitrogen and oxygen atoms in total. The summed E-state index contributed by atoms with van der Waals surface area (Å²) in [5.41, 5.74) is 0. The Morgan fingerprint density at radius 3 is 2.93 bits per heavy atom. The van der Waals surface area contributed by atoms with E-state index < -0.39 is 0 Å². The fraction of sp³-hybridized carbons (Fsp3) is 0.900. The fourth-order valence-electron chi connectivity index (χ4n) is 1.66. The fourth-order valence-corrected chi connectivity index (χ4v) is 1.66. The van der Waals surface area contributed by atoms with Crippen LogP contribution in [0.2, 0.25) is 0 Å². The summed E-state index contributed by atoms with van der Waals surface area (Å²) in [5, 5.41) is 2.84. The van der Waals surface area contributed by atoms with Crippen LogP contribution in [-0.4, -0.2) is 57.0 Å². The zero-order chi connectivity index (χ0) is 11.1. The third kappa shape index (κ3) is 4.48. The van der Waals surface area contributed by atoms with Gasteiger partial charge in [0.1, 0.15) is 6.61 Å². The van der Waals surface area contributed by atoms with E-state index in [2.05, 4.69) is 17.1 Å². The normalized spacial score (nSPS) is 21.6. The summed E-state index contributed by atoms with van der Waals surface area (Å²) in [6, 6.07) is 0.236. The van der Waals surface area contributed by atoms with Gasteiger partial charge in [-0.1, -0.05) is 6.92 Å². The molecule has 0 aromatic carbocycles. The van der Waals surface area contributed by atoms with Crippen molar-refractivity contribution in [2.75, 3.05) is 40.0 Å². The van der Waals surface area contributed by atoms with Crippen molar-refractivity contribution in [2.24, 2.45) is 0 Å². The van der Waals surface area contributed by atoms with Gasteiger partial charge in [-0.15, -0.1) is 0 Å². The molecule has 1 saturated heterocycles. The van der Waals surface area contributed by atoms with Crippen molar-refractivity contribution in [2.45, 2.75) is 19.4 Å². The summed E-state index contributed by atoms with van der Waals surface area (Å²) in [6.45, 7) is 5.90. The number of likely N-dealkylation sites (N-methyl/N-ethyl adjacent to an activating group) is 1. The van der Waals surface area contributed by atoms with Gasteiger partial charge in [-0.05, 0) is 13.0 Å². The molecule has 0 aromatic heterocycles. The molecule has 0 unspecified atom stereocenters. The minimum Gasteiger partial charge on any atom is -0.447 e. The molecule has 1 N–H and O–H groups in total. The van der Waals surface area contributed by atoms with Crippen LogP contribution in [0.3, 0.4) is 0 Å². The Balaban J connectivity index is 2.10. The molecule has 1 aliphatic heterocycles. The highest BCUT2D eigenvalue weighted by molar-refractivity contribution is 5.67. The molecular formula is C10H20N2O3. The van der Waals surface area contributed by atoms with Gasteiger partial charge in [-0.25, -0.2) is 4.79 Å². The van der Waals surface area contributed by atoms with Crippen molar-refractivity contribution in [3.63, 3.8) is 0 Å². The van der Waals surface area contributed by atoms with E-state index in [-0.39, 0.29) is 12.1 Å². The molecule has 0 saturated carbocycles. The SMILES string of the molecule is CCN1CC[C@@H](NC(=O)OCCOC)C1. The predicted molar refractivity (Wildman–Crippen MR) is 56.9 cm³/mol. The number of carbonyl (C=O) groups excluding carboxylic acids is 1. The monoisotopic (exact) mass is 216 g/mol. The summed E-state index contributed by atoms with van der Waals surface area (Å²) < 4.78 is 9.70. The largest absolute Gasteiger partial charge is 0.447 e. The lowest BCUT2D eigenvalue weighted by Gasteiger charge is -2.14. The van der Waals surface area contributed by atoms with E-state index in [4.69, 9.17) is 9.47 Å². The maximum absolute atomic E-state index is 11.3. The van der Waals surface area contributed by atoms with Crippen molar-refractivity contribution in [1.82, 2.24) is 10.2 Å². The Labute approximate surface area is 90.7 Å². The second-order valence-corrected chi connectivity index (χ2v) is 3.65. The topological polar surface area (TPSA) is 50.8 Å². The van der Waals surface area contributed by atoms with Gasteiger partial charge in [0.15, 0.2) is 0 Å². The summed E-state index contributed by atoms with van der Waals surface area (Å²) in [7, 11) is 1.58. The highest BCUT2D eigenvalue weighted by atomic mass is 16.6. The average Bonchev–Trinajstić information content (AvgIpc) is 2.66. The predicted octanol–water partition coefficient (Wildman–Crippen LogP) is 0.453. The standard InChI is InChI=1S/C10H20N2O3/c1-3-12-5-4-9(8-12)11-10(13)15-7-6-14-2/h9H,3-8H2,1-2H3,(H,11,13)/t9-/m1/s1. The third-order valence-electron chi connectivity index (χ3n) is 2.56. The second kappa shape index (κ2) is 6.63. The molecule has 1 aliphatic rings. The lowest BCUT2D eigenvalue weighted by Crippen LogP contribution is -2.37. The van der Waals surface area contributed by atoms with Crippen LogP contribution in [0, 0.1) is 0 Å². The smallest absolute Gasteiger partial charge is 0.407 e. The Kier molecular flexibility index (Phi) is 5.42. The average molecular weight is 216 g/mol. The molecule has 1 fully saturated rings. The molecule has 15 heavy (non-hydrogen) atoms. The van der Waals surface area contributed by atoms with Crippen LogP contribution in [-0.2, 0) is 9.47 Å². The van der Waals surface area contributed by atoms with Crippen LogP contribution in [0.5, 0.6) is 0 Å². The van der Waals surface area contributed by atoms with E-state index in [0.29, 0.717) is 13.2 Å². The summed E-state index contributed by atoms with van der Waals surface area (Å²) >= 11 is 0. The molecule has 0 aliphatic carbocycles. The first-order valence-corrected chi connectivity index (χ1v) is 5.40. The molecule has 0 bridgehead atoms. The van der Waals surface area contributed by atoms with E-state index in [1.54, 1.807) is 7.11 Å². The zero-order valence-corrected chi connectivity index (χ0v) is 9.49. The summed E-state index contributed by atoms with van der Waals surface area (Å²) in [5.74, 6) is 0. The van der Waals surface area contributed by atoms with Gasteiger partial charge in [0.25, 0.3) is 0 Å². The Morgan fingerprint density at radius 2 is 2.33 bits per heavy atom. The van der Waals surface area contributed by atoms with Crippen LogP contribution in [0.4, 0.5) is 4.79 Å². The molecule has 5 heteroatoms. The van der Waals surface area contributed by atoms with Crippen molar-refractivity contribution < 1.29 is 14.3 Å². The lowest BCUT2D eigenvalue weighted by molar-refractivity contribution is 0.0965. The molecule has 0 radical (unpaired) electrons. The number of alkyl carbamates (subject to hydrolysis) is 1. The van der Waals surface area contributed by atoms with Gasteiger partial charge in [-0.2, -0.15) is 0 Å². The minimum atomic E-state index is -0.338. The first-order chi connectivity index (χ1) is 7.26. The van der Waals surface area contributed by atoms with E-state index >= 15 is 0 Å². The Hall–Kier alpha value is -0.810. The quantitative estimate of drug-likeness (QED) is 0.678. The molecule has 0 spiro atoms. The third-order valence-corrected chi connectivity index (χ3v) is 2.56. The minimum absolute atomic E-state index is 0.236. The number of amides is 1. The Bertz CT molecular complexity index is 199. The van der Waals surface area contributed by atoms with Crippen molar-refractivity contribution in [3.8, 4) is 0 Å². The van der Waals surface area contributed by atoms with E-state index in [1.807, 2.05) is 0 Å². The van der Waals surface area contributed by atoms with Gasteiger partial charge < -0.3 is 19.7 Å². The van der Waals surface area contributed by atoms with Crippen LogP contribution in [0.1, 0.15) is 13.3 Å². The van der Waals surface area contributed by atoms with Crippen LogP contribution < -0.4 is 5.32 Å². The molecule has 1 amide bonds. The zero-order valence-electron chi connectivity index (χ0n) is 9.49. The maximum Gasteiger partial charge on any atom is 0.407 e. The number of methoxy groups -OCH3 is 1. The molecule has 88 valence electrons.